The fourth-order valence-electron chi connectivity index (χ4n) is 2.39. The summed E-state index contributed by atoms with van der Waals surface area (Å²) in [6.45, 7) is 5.19. The highest BCUT2D eigenvalue weighted by molar-refractivity contribution is 4.99. The summed E-state index contributed by atoms with van der Waals surface area (Å²) in [5.41, 5.74) is 0.0273. The molecule has 0 spiro atoms. The van der Waals surface area contributed by atoms with Crippen molar-refractivity contribution in [2.24, 2.45) is 11.8 Å². The van der Waals surface area contributed by atoms with E-state index in [2.05, 4.69) is 13.8 Å². The molecule has 2 nitrogen and oxygen atoms in total. The van der Waals surface area contributed by atoms with Crippen molar-refractivity contribution in [2.75, 3.05) is 6.61 Å². The standard InChI is InChI=1S/C10H18O2/c1-7-3-4-8(9(11)5-7)10(2)6-12-10/h7-9,11H,3-6H2,1-2H3/t7-,8-,9-,10?/m1/s1. The highest BCUT2D eigenvalue weighted by atomic mass is 16.6. The summed E-state index contributed by atoms with van der Waals surface area (Å²) in [6.07, 6.45) is 3.23. The van der Waals surface area contributed by atoms with Gasteiger partial charge in [-0.15, -0.1) is 0 Å². The van der Waals surface area contributed by atoms with Crippen LogP contribution in [0, 0.1) is 11.8 Å². The fraction of sp³-hybridized carbons (Fsp3) is 1.00. The van der Waals surface area contributed by atoms with Gasteiger partial charge in [-0.3, -0.25) is 0 Å². The SMILES string of the molecule is C[C@@H]1CC[C@@H](C2(C)CO2)[C@H](O)C1. The molecule has 0 radical (unpaired) electrons. The van der Waals surface area contributed by atoms with Crippen LogP contribution in [0.2, 0.25) is 0 Å². The Labute approximate surface area is 73.9 Å². The molecule has 0 aromatic rings. The predicted molar refractivity (Wildman–Crippen MR) is 46.9 cm³/mol. The Morgan fingerprint density at radius 3 is 2.58 bits per heavy atom. The minimum Gasteiger partial charge on any atom is -0.393 e. The smallest absolute Gasteiger partial charge is 0.0941 e. The molecular formula is C10H18O2. The first kappa shape index (κ1) is 8.52. The van der Waals surface area contributed by atoms with Crippen molar-refractivity contribution in [3.63, 3.8) is 0 Å². The van der Waals surface area contributed by atoms with Crippen LogP contribution in [-0.4, -0.2) is 23.4 Å². The fourth-order valence-corrected chi connectivity index (χ4v) is 2.39. The molecule has 4 atom stereocenters. The van der Waals surface area contributed by atoms with E-state index in [4.69, 9.17) is 4.74 Å². The van der Waals surface area contributed by atoms with Gasteiger partial charge in [-0.1, -0.05) is 13.3 Å². The topological polar surface area (TPSA) is 32.8 Å². The highest BCUT2D eigenvalue weighted by Gasteiger charge is 2.50. The van der Waals surface area contributed by atoms with Crippen LogP contribution >= 0.6 is 0 Å². The number of aliphatic hydroxyl groups excluding tert-OH is 1. The molecule has 0 amide bonds. The van der Waals surface area contributed by atoms with Gasteiger partial charge >= 0.3 is 0 Å². The lowest BCUT2D eigenvalue weighted by atomic mass is 9.75. The maximum Gasteiger partial charge on any atom is 0.0941 e. The van der Waals surface area contributed by atoms with Crippen molar-refractivity contribution >= 4 is 0 Å². The minimum absolute atomic E-state index is 0.0273. The molecule has 1 saturated carbocycles. The molecular weight excluding hydrogens is 152 g/mol. The third-order valence-electron chi connectivity index (χ3n) is 3.46. The van der Waals surface area contributed by atoms with Gasteiger partial charge in [0.25, 0.3) is 0 Å². The first-order valence-corrected chi connectivity index (χ1v) is 4.94. The Balaban J connectivity index is 1.98. The molecule has 2 heteroatoms. The van der Waals surface area contributed by atoms with Crippen molar-refractivity contribution in [1.82, 2.24) is 0 Å². The average Bonchev–Trinajstić information content (AvgIpc) is 2.68. The van der Waals surface area contributed by atoms with Gasteiger partial charge in [0.15, 0.2) is 0 Å². The third-order valence-corrected chi connectivity index (χ3v) is 3.46. The van der Waals surface area contributed by atoms with Gasteiger partial charge < -0.3 is 9.84 Å². The van der Waals surface area contributed by atoms with Crippen molar-refractivity contribution < 1.29 is 9.84 Å². The van der Waals surface area contributed by atoms with Gasteiger partial charge in [-0.2, -0.15) is 0 Å². The molecule has 2 fully saturated rings. The number of hydrogen-bond donors (Lipinski definition) is 1. The Morgan fingerprint density at radius 2 is 2.08 bits per heavy atom. The number of ether oxygens (including phenoxy) is 1. The number of hydrogen-bond acceptors (Lipinski definition) is 2. The van der Waals surface area contributed by atoms with Gasteiger partial charge in [0.2, 0.25) is 0 Å². The second-order valence-corrected chi connectivity index (χ2v) is 4.69. The summed E-state index contributed by atoms with van der Waals surface area (Å²) in [5, 5.41) is 9.83. The predicted octanol–water partition coefficient (Wildman–Crippen LogP) is 1.57. The maximum atomic E-state index is 9.83. The van der Waals surface area contributed by atoms with Crippen molar-refractivity contribution in [3.05, 3.63) is 0 Å². The zero-order valence-electron chi connectivity index (χ0n) is 7.92. The largest absolute Gasteiger partial charge is 0.393 e. The summed E-state index contributed by atoms with van der Waals surface area (Å²) in [7, 11) is 0. The summed E-state index contributed by atoms with van der Waals surface area (Å²) in [5.74, 6) is 1.09. The van der Waals surface area contributed by atoms with E-state index in [1.54, 1.807) is 0 Å². The lowest BCUT2D eigenvalue weighted by molar-refractivity contribution is 0.0103. The number of aliphatic hydroxyl groups is 1. The first-order valence-electron chi connectivity index (χ1n) is 4.94. The molecule has 0 aromatic carbocycles. The first-order chi connectivity index (χ1) is 5.62. The van der Waals surface area contributed by atoms with Crippen LogP contribution in [-0.2, 0) is 4.74 Å². The number of epoxide rings is 1. The molecule has 1 aliphatic heterocycles. The van der Waals surface area contributed by atoms with Crippen molar-refractivity contribution in [3.8, 4) is 0 Å². The van der Waals surface area contributed by atoms with Crippen LogP contribution in [0.1, 0.15) is 33.1 Å². The second-order valence-electron chi connectivity index (χ2n) is 4.69. The van der Waals surface area contributed by atoms with Crippen molar-refractivity contribution in [2.45, 2.75) is 44.8 Å². The maximum absolute atomic E-state index is 9.83. The summed E-state index contributed by atoms with van der Waals surface area (Å²) in [6, 6.07) is 0. The van der Waals surface area contributed by atoms with Gasteiger partial charge in [-0.25, -0.2) is 0 Å². The van der Waals surface area contributed by atoms with Gasteiger partial charge in [0.1, 0.15) is 0 Å². The molecule has 1 heterocycles. The van der Waals surface area contributed by atoms with Crippen LogP contribution < -0.4 is 0 Å². The van der Waals surface area contributed by atoms with E-state index in [1.807, 2.05) is 0 Å². The van der Waals surface area contributed by atoms with Crippen LogP contribution in [0.15, 0.2) is 0 Å². The summed E-state index contributed by atoms with van der Waals surface area (Å²) in [4.78, 5) is 0. The lowest BCUT2D eigenvalue weighted by Gasteiger charge is -2.33. The zero-order chi connectivity index (χ0) is 8.77. The normalized spacial score (nSPS) is 53.8. The highest BCUT2D eigenvalue weighted by Crippen LogP contribution is 2.44. The molecule has 1 N–H and O–H groups in total. The molecule has 1 aliphatic carbocycles. The van der Waals surface area contributed by atoms with Crippen LogP contribution in [0.3, 0.4) is 0 Å². The molecule has 1 unspecified atom stereocenters. The molecule has 2 rings (SSSR count). The molecule has 1 saturated heterocycles. The van der Waals surface area contributed by atoms with Crippen molar-refractivity contribution in [1.29, 1.82) is 0 Å². The Kier molecular flexibility index (Phi) is 1.92. The van der Waals surface area contributed by atoms with E-state index in [0.717, 1.165) is 19.4 Å². The quantitative estimate of drug-likeness (QED) is 0.606. The summed E-state index contributed by atoms with van der Waals surface area (Å²) >= 11 is 0. The molecule has 0 aromatic heterocycles. The zero-order valence-corrected chi connectivity index (χ0v) is 7.92. The average molecular weight is 170 g/mol. The van der Waals surface area contributed by atoms with E-state index in [0.29, 0.717) is 11.8 Å². The van der Waals surface area contributed by atoms with E-state index in [1.165, 1.54) is 6.42 Å². The lowest BCUT2D eigenvalue weighted by Crippen LogP contribution is -2.37. The Morgan fingerprint density at radius 1 is 1.42 bits per heavy atom. The number of rotatable bonds is 1. The van der Waals surface area contributed by atoms with E-state index in [9.17, 15) is 5.11 Å². The molecule has 70 valence electrons. The van der Waals surface area contributed by atoms with Gasteiger partial charge in [0, 0.05) is 5.92 Å². The molecule has 0 bridgehead atoms. The molecule has 2 aliphatic rings. The Hall–Kier alpha value is -0.0800. The summed E-state index contributed by atoms with van der Waals surface area (Å²) < 4.78 is 5.38. The monoisotopic (exact) mass is 170 g/mol. The van der Waals surface area contributed by atoms with Crippen LogP contribution in [0.25, 0.3) is 0 Å². The van der Waals surface area contributed by atoms with E-state index in [-0.39, 0.29) is 11.7 Å². The minimum atomic E-state index is -0.124. The second kappa shape index (κ2) is 2.71. The Bertz CT molecular complexity index is 175. The van der Waals surface area contributed by atoms with E-state index >= 15 is 0 Å². The van der Waals surface area contributed by atoms with E-state index < -0.39 is 0 Å². The van der Waals surface area contributed by atoms with Gasteiger partial charge in [0.05, 0.1) is 18.3 Å². The van der Waals surface area contributed by atoms with Gasteiger partial charge in [-0.05, 0) is 25.7 Å². The third kappa shape index (κ3) is 1.38. The molecule has 12 heavy (non-hydrogen) atoms. The van der Waals surface area contributed by atoms with Crippen LogP contribution in [0.5, 0.6) is 0 Å². The van der Waals surface area contributed by atoms with Crippen LogP contribution in [0.4, 0.5) is 0 Å².